The third-order valence-corrected chi connectivity index (χ3v) is 6.62. The van der Waals surface area contributed by atoms with Gasteiger partial charge in [-0.05, 0) is 61.3 Å². The molecule has 0 bridgehead atoms. The number of benzene rings is 1. The maximum absolute atomic E-state index is 12.9. The number of carbonyl (C=O) groups excluding carboxylic acids is 1. The third-order valence-electron chi connectivity index (χ3n) is 5.62. The summed E-state index contributed by atoms with van der Waals surface area (Å²) < 4.78 is 3.24. The van der Waals surface area contributed by atoms with Gasteiger partial charge in [0.2, 0.25) is 5.91 Å². The molecule has 0 spiro atoms. The second-order valence-electron chi connectivity index (χ2n) is 7.03. The minimum Gasteiger partial charge on any atom is -0.340 e. The molecule has 1 aromatic carbocycles. The van der Waals surface area contributed by atoms with Crippen molar-refractivity contribution >= 4 is 32.7 Å². The summed E-state index contributed by atoms with van der Waals surface area (Å²) in [6.07, 6.45) is 3.75. The Bertz CT molecular complexity index is 763. The van der Waals surface area contributed by atoms with E-state index in [4.69, 9.17) is 0 Å². The van der Waals surface area contributed by atoms with Crippen molar-refractivity contribution in [3.8, 4) is 0 Å². The van der Waals surface area contributed by atoms with Crippen molar-refractivity contribution < 1.29 is 4.79 Å². The zero-order chi connectivity index (χ0) is 16.7. The van der Waals surface area contributed by atoms with Gasteiger partial charge in [-0.3, -0.25) is 9.69 Å². The number of rotatable bonds is 3. The molecular weight excluding hydrogens is 366 g/mol. The molecule has 2 saturated heterocycles. The van der Waals surface area contributed by atoms with Crippen molar-refractivity contribution in [3.63, 3.8) is 0 Å². The van der Waals surface area contributed by atoms with E-state index in [2.05, 4.69) is 49.4 Å². The first kappa shape index (κ1) is 16.2. The van der Waals surface area contributed by atoms with Gasteiger partial charge in [-0.1, -0.05) is 18.2 Å². The average Bonchev–Trinajstić information content (AvgIpc) is 3.32. The average molecular weight is 390 g/mol. The molecule has 0 N–H and O–H groups in total. The van der Waals surface area contributed by atoms with Crippen molar-refractivity contribution in [3.05, 3.63) is 34.4 Å². The molecule has 128 valence electrons. The predicted molar refractivity (Wildman–Crippen MR) is 100 cm³/mol. The van der Waals surface area contributed by atoms with Gasteiger partial charge in [0.15, 0.2) is 0 Å². The Hall–Kier alpha value is -1.33. The van der Waals surface area contributed by atoms with Crippen LogP contribution in [0.3, 0.4) is 0 Å². The molecule has 1 amide bonds. The summed E-state index contributed by atoms with van der Waals surface area (Å²) in [5.74, 6) is 0.244. The van der Waals surface area contributed by atoms with Gasteiger partial charge in [-0.25, -0.2) is 0 Å². The van der Waals surface area contributed by atoms with Crippen LogP contribution in [-0.2, 0) is 11.3 Å². The van der Waals surface area contributed by atoms with Gasteiger partial charge in [-0.15, -0.1) is 0 Å². The van der Waals surface area contributed by atoms with E-state index in [0.717, 1.165) is 35.2 Å². The van der Waals surface area contributed by atoms with Crippen molar-refractivity contribution in [1.82, 2.24) is 14.4 Å². The summed E-state index contributed by atoms with van der Waals surface area (Å²) >= 11 is 3.68. The number of aromatic nitrogens is 1. The Morgan fingerprint density at radius 1 is 1.21 bits per heavy atom. The Labute approximate surface area is 151 Å². The van der Waals surface area contributed by atoms with Gasteiger partial charge in [0.1, 0.15) is 6.54 Å². The molecule has 2 aliphatic heterocycles. The zero-order valence-electron chi connectivity index (χ0n) is 14.2. The Morgan fingerprint density at radius 3 is 2.75 bits per heavy atom. The lowest BCUT2D eigenvalue weighted by atomic mass is 10.2. The highest BCUT2D eigenvalue weighted by atomic mass is 79.9. The van der Waals surface area contributed by atoms with Crippen molar-refractivity contribution in [2.24, 2.45) is 0 Å². The number of hydrogen-bond donors (Lipinski definition) is 0. The molecule has 2 aliphatic rings. The topological polar surface area (TPSA) is 28.5 Å². The molecule has 5 heteroatoms. The summed E-state index contributed by atoms with van der Waals surface area (Å²) in [6, 6.07) is 8.85. The summed E-state index contributed by atoms with van der Waals surface area (Å²) in [7, 11) is 0. The smallest absolute Gasteiger partial charge is 0.242 e. The Balaban J connectivity index is 1.50. The predicted octanol–water partition coefficient (Wildman–Crippen LogP) is 3.41. The molecule has 0 saturated carbocycles. The fraction of sp³-hybridized carbons (Fsp3) is 0.526. The van der Waals surface area contributed by atoms with Gasteiger partial charge in [0.25, 0.3) is 0 Å². The van der Waals surface area contributed by atoms with Crippen LogP contribution in [0.1, 0.15) is 25.0 Å². The standard InChI is InChI=1S/C19H24BrN3O/c1-14-19(20)16-6-2-3-7-17(16)23(14)13-18(24)22-11-8-15(12-22)21-9-4-5-10-21/h2-3,6-7,15H,4-5,8-13H2,1H3. The molecule has 4 nitrogen and oxygen atoms in total. The fourth-order valence-corrected chi connectivity index (χ4v) is 4.75. The van der Waals surface area contributed by atoms with E-state index in [-0.39, 0.29) is 5.91 Å². The Morgan fingerprint density at radius 2 is 1.96 bits per heavy atom. The van der Waals surface area contributed by atoms with Crippen LogP contribution < -0.4 is 0 Å². The van der Waals surface area contributed by atoms with E-state index < -0.39 is 0 Å². The van der Waals surface area contributed by atoms with Gasteiger partial charge in [0, 0.05) is 40.2 Å². The monoisotopic (exact) mass is 389 g/mol. The molecule has 0 aliphatic carbocycles. The van der Waals surface area contributed by atoms with E-state index in [1.807, 2.05) is 12.1 Å². The number of hydrogen-bond acceptors (Lipinski definition) is 2. The van der Waals surface area contributed by atoms with Gasteiger partial charge in [0.05, 0.1) is 0 Å². The van der Waals surface area contributed by atoms with Crippen LogP contribution >= 0.6 is 15.9 Å². The van der Waals surface area contributed by atoms with E-state index in [1.165, 1.54) is 31.3 Å². The largest absolute Gasteiger partial charge is 0.340 e. The fourth-order valence-electron chi connectivity index (χ4n) is 4.20. The SMILES string of the molecule is Cc1c(Br)c2ccccc2n1CC(=O)N1CCC(N2CCCC2)C1. The van der Waals surface area contributed by atoms with E-state index >= 15 is 0 Å². The number of likely N-dealkylation sites (tertiary alicyclic amines) is 2. The maximum Gasteiger partial charge on any atom is 0.242 e. The van der Waals surface area contributed by atoms with E-state index in [9.17, 15) is 4.79 Å². The van der Waals surface area contributed by atoms with Crippen LogP contribution in [0.4, 0.5) is 0 Å². The molecule has 2 aromatic rings. The first-order valence-corrected chi connectivity index (χ1v) is 9.69. The number of amides is 1. The summed E-state index contributed by atoms with van der Waals surface area (Å²) in [5.41, 5.74) is 2.25. The number of fused-ring (bicyclic) bond motifs is 1. The molecular formula is C19H24BrN3O. The van der Waals surface area contributed by atoms with Crippen LogP contribution in [0.5, 0.6) is 0 Å². The summed E-state index contributed by atoms with van der Waals surface area (Å²) in [6.45, 7) is 6.73. The number of halogens is 1. The first-order valence-electron chi connectivity index (χ1n) is 8.90. The highest BCUT2D eigenvalue weighted by molar-refractivity contribution is 9.10. The molecule has 3 heterocycles. The highest BCUT2D eigenvalue weighted by Gasteiger charge is 2.31. The van der Waals surface area contributed by atoms with Crippen LogP contribution in [0.15, 0.2) is 28.7 Å². The van der Waals surface area contributed by atoms with Crippen molar-refractivity contribution in [1.29, 1.82) is 0 Å². The number of carbonyl (C=O) groups is 1. The minimum absolute atomic E-state index is 0.244. The van der Waals surface area contributed by atoms with Crippen LogP contribution in [-0.4, -0.2) is 52.5 Å². The zero-order valence-corrected chi connectivity index (χ0v) is 15.8. The normalized spacial score (nSPS) is 21.9. The van der Waals surface area contributed by atoms with Gasteiger partial charge < -0.3 is 9.47 Å². The molecule has 2 fully saturated rings. The lowest BCUT2D eigenvalue weighted by molar-refractivity contribution is -0.130. The molecule has 1 unspecified atom stereocenters. The van der Waals surface area contributed by atoms with E-state index in [1.54, 1.807) is 0 Å². The number of para-hydroxylation sites is 1. The summed E-state index contributed by atoms with van der Waals surface area (Å²) in [4.78, 5) is 17.5. The minimum atomic E-state index is 0.244. The molecule has 24 heavy (non-hydrogen) atoms. The summed E-state index contributed by atoms with van der Waals surface area (Å²) in [5, 5.41) is 1.18. The molecule has 0 radical (unpaired) electrons. The second-order valence-corrected chi connectivity index (χ2v) is 7.82. The van der Waals surface area contributed by atoms with Crippen molar-refractivity contribution in [2.75, 3.05) is 26.2 Å². The molecule has 1 atom stereocenters. The van der Waals surface area contributed by atoms with Crippen LogP contribution in [0.25, 0.3) is 10.9 Å². The maximum atomic E-state index is 12.9. The van der Waals surface area contributed by atoms with Crippen LogP contribution in [0.2, 0.25) is 0 Å². The van der Waals surface area contributed by atoms with Gasteiger partial charge in [-0.2, -0.15) is 0 Å². The van der Waals surface area contributed by atoms with E-state index in [0.29, 0.717) is 12.6 Å². The van der Waals surface area contributed by atoms with Gasteiger partial charge >= 0.3 is 0 Å². The quantitative estimate of drug-likeness (QED) is 0.804. The second kappa shape index (κ2) is 6.52. The van der Waals surface area contributed by atoms with Crippen LogP contribution in [0, 0.1) is 6.92 Å². The first-order chi connectivity index (χ1) is 11.6. The molecule has 4 rings (SSSR count). The molecule has 1 aromatic heterocycles. The third kappa shape index (κ3) is 2.78. The van der Waals surface area contributed by atoms with Crippen molar-refractivity contribution in [2.45, 2.75) is 38.8 Å². The highest BCUT2D eigenvalue weighted by Crippen LogP contribution is 2.30. The number of nitrogens with zero attached hydrogens (tertiary/aromatic N) is 3. The Kier molecular flexibility index (Phi) is 4.39. The lowest BCUT2D eigenvalue weighted by Crippen LogP contribution is -2.38. The lowest BCUT2D eigenvalue weighted by Gasteiger charge is -2.24.